The molecule has 0 amide bonds. The third-order valence-electron chi connectivity index (χ3n) is 1.25. The maximum atomic E-state index is 10.3. The first kappa shape index (κ1) is 9.71. The maximum Gasteiger partial charge on any atom is 0.325 e. The molecule has 1 aromatic rings. The van der Waals surface area contributed by atoms with Gasteiger partial charge in [0.15, 0.2) is 0 Å². The van der Waals surface area contributed by atoms with Crippen LogP contribution in [0.5, 0.6) is 0 Å². The minimum atomic E-state index is -0.409. The summed E-state index contributed by atoms with van der Waals surface area (Å²) in [7, 11) is 1.80. The summed E-state index contributed by atoms with van der Waals surface area (Å²) in [5, 5.41) is 13.3. The molecule has 0 radical (unpaired) electrons. The van der Waals surface area contributed by atoms with Gasteiger partial charge >= 0.3 is 5.00 Å². The van der Waals surface area contributed by atoms with E-state index in [4.69, 9.17) is 0 Å². The minimum absolute atomic E-state index is 0.133. The van der Waals surface area contributed by atoms with E-state index in [2.05, 4.69) is 17.2 Å². The van der Waals surface area contributed by atoms with E-state index in [1.165, 1.54) is 6.07 Å². The van der Waals surface area contributed by atoms with Crippen LogP contribution in [0.1, 0.15) is 4.88 Å². The smallest absolute Gasteiger partial charge is 0.309 e. The maximum absolute atomic E-state index is 10.3. The average molecular weight is 196 g/mol. The molecule has 0 saturated heterocycles. The number of thiophene rings is 1. The predicted octanol–water partition coefficient (Wildman–Crippen LogP) is 1.23. The third kappa shape index (κ3) is 2.86. The van der Waals surface area contributed by atoms with Crippen molar-refractivity contribution in [1.29, 1.82) is 0 Å². The molecule has 0 spiro atoms. The molecule has 5 heteroatoms. The normalized spacial score (nSPS) is 9.00. The predicted molar refractivity (Wildman–Crippen MR) is 51.8 cm³/mol. The number of hydrogen-bond donors (Lipinski definition) is 1. The lowest BCUT2D eigenvalue weighted by Gasteiger charge is -1.81. The molecule has 0 aliphatic rings. The van der Waals surface area contributed by atoms with Crippen molar-refractivity contribution in [3.8, 4) is 11.8 Å². The molecule has 0 aromatic carbocycles. The van der Waals surface area contributed by atoms with Gasteiger partial charge in [0.25, 0.3) is 0 Å². The molecule has 0 aliphatic carbocycles. The second-order valence-electron chi connectivity index (χ2n) is 2.23. The number of nitrogens with zero attached hydrogens (tertiary/aromatic N) is 1. The van der Waals surface area contributed by atoms with Gasteiger partial charge in [0, 0.05) is 6.07 Å². The Balaban J connectivity index is 2.71. The molecule has 13 heavy (non-hydrogen) atoms. The van der Waals surface area contributed by atoms with Gasteiger partial charge in [0.1, 0.15) is 0 Å². The fourth-order valence-electron chi connectivity index (χ4n) is 0.713. The highest BCUT2D eigenvalue weighted by Gasteiger charge is 2.07. The van der Waals surface area contributed by atoms with Crippen molar-refractivity contribution in [2.45, 2.75) is 0 Å². The van der Waals surface area contributed by atoms with Gasteiger partial charge in [-0.05, 0) is 13.1 Å². The quantitative estimate of drug-likeness (QED) is 0.439. The molecule has 0 bridgehead atoms. The number of nitro groups is 1. The van der Waals surface area contributed by atoms with Crippen molar-refractivity contribution in [3.63, 3.8) is 0 Å². The zero-order chi connectivity index (χ0) is 9.68. The monoisotopic (exact) mass is 196 g/mol. The molecular weight excluding hydrogens is 188 g/mol. The number of nitrogens with one attached hydrogen (secondary N) is 1. The summed E-state index contributed by atoms with van der Waals surface area (Å²) in [6, 6.07) is 3.12. The van der Waals surface area contributed by atoms with Crippen molar-refractivity contribution in [2.24, 2.45) is 0 Å². The molecule has 0 fully saturated rings. The summed E-state index contributed by atoms with van der Waals surface area (Å²) in [6.45, 7) is 0.589. The number of rotatable bonds is 2. The van der Waals surface area contributed by atoms with Gasteiger partial charge in [-0.25, -0.2) is 0 Å². The van der Waals surface area contributed by atoms with Gasteiger partial charge in [-0.1, -0.05) is 23.2 Å². The zero-order valence-corrected chi connectivity index (χ0v) is 7.85. The van der Waals surface area contributed by atoms with Gasteiger partial charge in [-0.3, -0.25) is 10.1 Å². The Morgan fingerprint density at radius 3 is 3.00 bits per heavy atom. The molecule has 0 atom stereocenters. The van der Waals surface area contributed by atoms with Crippen LogP contribution >= 0.6 is 11.3 Å². The van der Waals surface area contributed by atoms with Crippen LogP contribution in [0.3, 0.4) is 0 Å². The largest absolute Gasteiger partial charge is 0.325 e. The summed E-state index contributed by atoms with van der Waals surface area (Å²) < 4.78 is 0. The first-order chi connectivity index (χ1) is 6.24. The van der Waals surface area contributed by atoms with E-state index in [1.54, 1.807) is 13.1 Å². The van der Waals surface area contributed by atoms with Crippen LogP contribution in [0.15, 0.2) is 12.1 Å². The van der Waals surface area contributed by atoms with Gasteiger partial charge in [0.2, 0.25) is 0 Å². The molecule has 1 rings (SSSR count). The Morgan fingerprint density at radius 2 is 2.46 bits per heavy atom. The van der Waals surface area contributed by atoms with Gasteiger partial charge in [-0.15, -0.1) is 0 Å². The molecule has 4 nitrogen and oxygen atoms in total. The standard InChI is InChI=1S/C8H8N2O2S/c1-9-6-2-3-7-4-5-8(13-7)10(11)12/h4-5,9H,6H2,1H3. The van der Waals surface area contributed by atoms with E-state index in [0.29, 0.717) is 6.54 Å². The van der Waals surface area contributed by atoms with E-state index >= 15 is 0 Å². The summed E-state index contributed by atoms with van der Waals surface area (Å²) in [6.07, 6.45) is 0. The summed E-state index contributed by atoms with van der Waals surface area (Å²) in [4.78, 5) is 10.6. The van der Waals surface area contributed by atoms with Crippen molar-refractivity contribution in [2.75, 3.05) is 13.6 Å². The zero-order valence-electron chi connectivity index (χ0n) is 7.03. The Labute approximate surface area is 79.7 Å². The third-order valence-corrected chi connectivity index (χ3v) is 2.20. The average Bonchev–Trinajstić information content (AvgIpc) is 2.53. The highest BCUT2D eigenvalue weighted by molar-refractivity contribution is 7.15. The van der Waals surface area contributed by atoms with Crippen molar-refractivity contribution >= 4 is 16.3 Å². The van der Waals surface area contributed by atoms with Crippen molar-refractivity contribution < 1.29 is 4.92 Å². The highest BCUT2D eigenvalue weighted by atomic mass is 32.1. The molecule has 0 aliphatic heterocycles. The molecule has 68 valence electrons. The lowest BCUT2D eigenvalue weighted by molar-refractivity contribution is -0.380. The van der Waals surface area contributed by atoms with Crippen LogP contribution in [0.25, 0.3) is 0 Å². The van der Waals surface area contributed by atoms with Crippen LogP contribution in [-0.4, -0.2) is 18.5 Å². The Hall–Kier alpha value is -1.38. The Kier molecular flexibility index (Phi) is 3.43. The second-order valence-corrected chi connectivity index (χ2v) is 3.29. The van der Waals surface area contributed by atoms with E-state index < -0.39 is 4.92 Å². The van der Waals surface area contributed by atoms with Gasteiger partial charge in [0.05, 0.1) is 16.3 Å². The molecule has 1 aromatic heterocycles. The molecule has 1 heterocycles. The Morgan fingerprint density at radius 1 is 1.69 bits per heavy atom. The van der Waals surface area contributed by atoms with Crippen LogP contribution in [0.4, 0.5) is 5.00 Å². The van der Waals surface area contributed by atoms with Gasteiger partial charge < -0.3 is 5.32 Å². The van der Waals surface area contributed by atoms with Crippen LogP contribution < -0.4 is 5.32 Å². The van der Waals surface area contributed by atoms with E-state index in [9.17, 15) is 10.1 Å². The summed E-state index contributed by atoms with van der Waals surface area (Å²) in [5.41, 5.74) is 0. The van der Waals surface area contributed by atoms with Crippen molar-refractivity contribution in [3.05, 3.63) is 27.1 Å². The fraction of sp³-hybridized carbons (Fsp3) is 0.250. The Bertz CT molecular complexity index is 362. The van der Waals surface area contributed by atoms with E-state index in [0.717, 1.165) is 16.2 Å². The molecule has 0 unspecified atom stereocenters. The number of hydrogen-bond acceptors (Lipinski definition) is 4. The van der Waals surface area contributed by atoms with Crippen molar-refractivity contribution in [1.82, 2.24) is 5.32 Å². The second kappa shape index (κ2) is 4.60. The first-order valence-corrected chi connectivity index (χ1v) is 4.43. The molecule has 1 N–H and O–H groups in total. The minimum Gasteiger partial charge on any atom is -0.309 e. The molecular formula is C8H8N2O2S. The lowest BCUT2D eigenvalue weighted by atomic mass is 10.4. The molecule has 0 saturated carbocycles. The summed E-state index contributed by atoms with van der Waals surface area (Å²) in [5.74, 6) is 5.65. The van der Waals surface area contributed by atoms with Gasteiger partial charge in [-0.2, -0.15) is 0 Å². The fourth-order valence-corrected chi connectivity index (χ4v) is 1.41. The topological polar surface area (TPSA) is 55.2 Å². The van der Waals surface area contributed by atoms with Crippen LogP contribution in [0.2, 0.25) is 0 Å². The summed E-state index contributed by atoms with van der Waals surface area (Å²) >= 11 is 1.09. The lowest BCUT2D eigenvalue weighted by Crippen LogP contribution is -2.04. The highest BCUT2D eigenvalue weighted by Crippen LogP contribution is 2.22. The van der Waals surface area contributed by atoms with E-state index in [-0.39, 0.29) is 5.00 Å². The van der Waals surface area contributed by atoms with Crippen LogP contribution in [-0.2, 0) is 0 Å². The SMILES string of the molecule is CNCC#Cc1ccc([N+](=O)[O-])s1. The van der Waals surface area contributed by atoms with Crippen LogP contribution in [0, 0.1) is 22.0 Å². The first-order valence-electron chi connectivity index (χ1n) is 3.61. The van der Waals surface area contributed by atoms with E-state index in [1.807, 2.05) is 0 Å².